The largest absolute Gasteiger partial charge is 0.353 e. The van der Waals surface area contributed by atoms with E-state index in [0.717, 1.165) is 44.6 Å². The zero-order valence-electron chi connectivity index (χ0n) is 13.1. The fourth-order valence-corrected chi connectivity index (χ4v) is 3.62. The lowest BCUT2D eigenvalue weighted by Crippen LogP contribution is -2.38. The Morgan fingerprint density at radius 3 is 2.81 bits per heavy atom. The molecule has 5 nitrogen and oxygen atoms in total. The lowest BCUT2D eigenvalue weighted by molar-refractivity contribution is -0.125. The molecule has 1 aliphatic carbocycles. The highest BCUT2D eigenvalue weighted by molar-refractivity contribution is 5.79. The van der Waals surface area contributed by atoms with Crippen molar-refractivity contribution in [1.82, 2.24) is 20.0 Å². The first-order valence-corrected chi connectivity index (χ1v) is 8.13. The molecular formula is C16H26N4O. The maximum absolute atomic E-state index is 12.3. The van der Waals surface area contributed by atoms with Crippen LogP contribution in [-0.4, -0.2) is 39.7 Å². The fourth-order valence-electron chi connectivity index (χ4n) is 3.62. The molecule has 1 aromatic rings. The lowest BCUT2D eigenvalue weighted by Gasteiger charge is -2.17. The van der Waals surface area contributed by atoms with Crippen LogP contribution in [0.2, 0.25) is 0 Å². The van der Waals surface area contributed by atoms with Crippen molar-refractivity contribution in [1.29, 1.82) is 0 Å². The van der Waals surface area contributed by atoms with Crippen LogP contribution in [0.3, 0.4) is 0 Å². The van der Waals surface area contributed by atoms with Crippen LogP contribution in [0.5, 0.6) is 0 Å². The number of carbonyl (C=O) groups is 1. The third kappa shape index (κ3) is 3.46. The van der Waals surface area contributed by atoms with E-state index in [2.05, 4.69) is 28.4 Å². The van der Waals surface area contributed by atoms with Crippen LogP contribution in [0.1, 0.15) is 43.4 Å². The minimum absolute atomic E-state index is 0.169. The van der Waals surface area contributed by atoms with Gasteiger partial charge in [-0.15, -0.1) is 0 Å². The van der Waals surface area contributed by atoms with Crippen molar-refractivity contribution in [3.63, 3.8) is 0 Å². The van der Waals surface area contributed by atoms with E-state index in [9.17, 15) is 4.79 Å². The molecule has 0 unspecified atom stereocenters. The Hall–Kier alpha value is -1.36. The highest BCUT2D eigenvalue weighted by Gasteiger charge is 2.30. The predicted octanol–water partition coefficient (Wildman–Crippen LogP) is 1.61. The summed E-state index contributed by atoms with van der Waals surface area (Å²) in [5, 5.41) is 7.63. The molecule has 1 saturated carbocycles. The molecule has 1 saturated heterocycles. The van der Waals surface area contributed by atoms with Crippen LogP contribution in [0.25, 0.3) is 0 Å². The van der Waals surface area contributed by atoms with Crippen LogP contribution in [0.15, 0.2) is 6.20 Å². The second-order valence-corrected chi connectivity index (χ2v) is 6.62. The van der Waals surface area contributed by atoms with Crippen molar-refractivity contribution in [3.05, 3.63) is 17.5 Å². The number of aromatic nitrogens is 2. The van der Waals surface area contributed by atoms with Gasteiger partial charge in [0.15, 0.2) is 0 Å². The molecule has 1 aliphatic heterocycles. The SMILES string of the molecule is Cc1nn(C)cc1CN1CC[C@H](C(=O)NC2CCCC2)C1. The standard InChI is InChI=1S/C16H26N4O/c1-12-14(9-19(2)18-12)11-20-8-7-13(10-20)16(21)17-15-5-3-4-6-15/h9,13,15H,3-8,10-11H2,1-2H3,(H,17,21)/t13-/m0/s1. The molecule has 0 bridgehead atoms. The van der Waals surface area contributed by atoms with Crippen molar-refractivity contribution in [2.75, 3.05) is 13.1 Å². The van der Waals surface area contributed by atoms with E-state index >= 15 is 0 Å². The van der Waals surface area contributed by atoms with Crippen molar-refractivity contribution in [2.45, 2.75) is 51.6 Å². The number of hydrogen-bond acceptors (Lipinski definition) is 3. The third-order valence-corrected chi connectivity index (χ3v) is 4.85. The van der Waals surface area contributed by atoms with Crippen molar-refractivity contribution in [3.8, 4) is 0 Å². The minimum Gasteiger partial charge on any atom is -0.353 e. The first kappa shape index (κ1) is 14.6. The number of carbonyl (C=O) groups excluding carboxylic acids is 1. The average molecular weight is 290 g/mol. The van der Waals surface area contributed by atoms with Gasteiger partial charge in [-0.05, 0) is 32.7 Å². The topological polar surface area (TPSA) is 50.2 Å². The molecule has 2 fully saturated rings. The van der Waals surface area contributed by atoms with Gasteiger partial charge in [-0.3, -0.25) is 14.4 Å². The first-order chi connectivity index (χ1) is 10.1. The van der Waals surface area contributed by atoms with Gasteiger partial charge in [0.25, 0.3) is 0 Å². The number of nitrogens with zero attached hydrogens (tertiary/aromatic N) is 3. The van der Waals surface area contributed by atoms with Gasteiger partial charge in [-0.1, -0.05) is 12.8 Å². The average Bonchev–Trinajstić information content (AvgIpc) is 3.13. The van der Waals surface area contributed by atoms with Crippen molar-refractivity contribution >= 4 is 5.91 Å². The Morgan fingerprint density at radius 1 is 1.38 bits per heavy atom. The normalized spacial score (nSPS) is 23.8. The molecule has 1 N–H and O–H groups in total. The summed E-state index contributed by atoms with van der Waals surface area (Å²) < 4.78 is 1.87. The van der Waals surface area contributed by atoms with Gasteiger partial charge < -0.3 is 5.32 Å². The molecule has 0 aromatic carbocycles. The molecule has 5 heteroatoms. The molecule has 1 atom stereocenters. The summed E-state index contributed by atoms with van der Waals surface area (Å²) in [5.41, 5.74) is 2.37. The molecular weight excluding hydrogens is 264 g/mol. The quantitative estimate of drug-likeness (QED) is 0.916. The zero-order chi connectivity index (χ0) is 14.8. The van der Waals surface area contributed by atoms with E-state index in [1.807, 2.05) is 11.7 Å². The van der Waals surface area contributed by atoms with E-state index in [1.54, 1.807) is 0 Å². The molecule has 21 heavy (non-hydrogen) atoms. The van der Waals surface area contributed by atoms with E-state index < -0.39 is 0 Å². The Kier molecular flexibility index (Phi) is 4.29. The molecule has 3 rings (SSSR count). The number of likely N-dealkylation sites (tertiary alicyclic amines) is 1. The van der Waals surface area contributed by atoms with Crippen molar-refractivity contribution in [2.24, 2.45) is 13.0 Å². The van der Waals surface area contributed by atoms with Gasteiger partial charge in [0.05, 0.1) is 11.6 Å². The lowest BCUT2D eigenvalue weighted by atomic mass is 10.1. The zero-order valence-corrected chi connectivity index (χ0v) is 13.1. The van der Waals surface area contributed by atoms with Crippen molar-refractivity contribution < 1.29 is 4.79 Å². The summed E-state index contributed by atoms with van der Waals surface area (Å²) in [6.07, 6.45) is 7.93. The van der Waals surface area contributed by atoms with Crippen LogP contribution >= 0.6 is 0 Å². The summed E-state index contributed by atoms with van der Waals surface area (Å²) in [7, 11) is 1.96. The van der Waals surface area contributed by atoms with Gasteiger partial charge >= 0.3 is 0 Å². The van der Waals surface area contributed by atoms with E-state index in [0.29, 0.717) is 6.04 Å². The fraction of sp³-hybridized carbons (Fsp3) is 0.750. The summed E-state index contributed by atoms with van der Waals surface area (Å²) >= 11 is 0. The summed E-state index contributed by atoms with van der Waals surface area (Å²) in [6.45, 7) is 4.85. The molecule has 2 aliphatic rings. The Balaban J connectivity index is 1.50. The van der Waals surface area contributed by atoms with Gasteiger partial charge in [-0.2, -0.15) is 5.10 Å². The number of rotatable bonds is 4. The monoisotopic (exact) mass is 290 g/mol. The van der Waals surface area contributed by atoms with Gasteiger partial charge in [0.1, 0.15) is 0 Å². The third-order valence-electron chi connectivity index (χ3n) is 4.85. The van der Waals surface area contributed by atoms with Crippen LogP contribution < -0.4 is 5.32 Å². The summed E-state index contributed by atoms with van der Waals surface area (Å²) in [4.78, 5) is 14.7. The van der Waals surface area contributed by atoms with E-state index in [-0.39, 0.29) is 11.8 Å². The maximum Gasteiger partial charge on any atom is 0.224 e. The number of nitrogens with one attached hydrogen (secondary N) is 1. The summed E-state index contributed by atoms with van der Waals surface area (Å²) in [6, 6.07) is 0.437. The second-order valence-electron chi connectivity index (χ2n) is 6.62. The maximum atomic E-state index is 12.3. The summed E-state index contributed by atoms with van der Waals surface area (Å²) in [5.74, 6) is 0.440. The molecule has 1 aromatic heterocycles. The van der Waals surface area contributed by atoms with Gasteiger partial charge in [-0.25, -0.2) is 0 Å². The predicted molar refractivity (Wildman–Crippen MR) is 81.7 cm³/mol. The smallest absolute Gasteiger partial charge is 0.224 e. The minimum atomic E-state index is 0.169. The molecule has 0 radical (unpaired) electrons. The van der Waals surface area contributed by atoms with Crippen LogP contribution in [-0.2, 0) is 18.4 Å². The molecule has 0 spiro atoms. The Bertz CT molecular complexity index is 504. The highest BCUT2D eigenvalue weighted by Crippen LogP contribution is 2.22. The molecule has 1 amide bonds. The first-order valence-electron chi connectivity index (χ1n) is 8.13. The second kappa shape index (κ2) is 6.18. The van der Waals surface area contributed by atoms with Crippen LogP contribution in [0.4, 0.5) is 0 Å². The Labute approximate surface area is 126 Å². The van der Waals surface area contributed by atoms with Gasteiger partial charge in [0.2, 0.25) is 5.91 Å². The number of aryl methyl sites for hydroxylation is 2. The highest BCUT2D eigenvalue weighted by atomic mass is 16.2. The van der Waals surface area contributed by atoms with E-state index in [4.69, 9.17) is 0 Å². The Morgan fingerprint density at radius 2 is 2.14 bits per heavy atom. The molecule has 2 heterocycles. The van der Waals surface area contributed by atoms with E-state index in [1.165, 1.54) is 18.4 Å². The van der Waals surface area contributed by atoms with Gasteiger partial charge in [0, 0.05) is 37.9 Å². The number of hydrogen-bond donors (Lipinski definition) is 1. The van der Waals surface area contributed by atoms with Crippen LogP contribution in [0, 0.1) is 12.8 Å². The molecule has 116 valence electrons. The number of amides is 1.